The van der Waals surface area contributed by atoms with E-state index in [0.717, 1.165) is 0 Å². The van der Waals surface area contributed by atoms with Crippen LogP contribution in [-0.4, -0.2) is 10.2 Å². The van der Waals surface area contributed by atoms with Gasteiger partial charge in [0.2, 0.25) is 0 Å². The number of hydrogen-bond donors (Lipinski definition) is 2. The molecule has 0 aromatic heterocycles. The first-order valence-electron chi connectivity index (χ1n) is 6.24. The molecular formula is C16H15NO3. The fourth-order valence-corrected chi connectivity index (χ4v) is 1.89. The summed E-state index contributed by atoms with van der Waals surface area (Å²) in [6.07, 6.45) is -0.709. The normalized spacial score (nSPS) is 11.7. The van der Waals surface area contributed by atoms with Gasteiger partial charge in [-0.05, 0) is 25.1 Å². The Kier molecular flexibility index (Phi) is 4.36. The summed E-state index contributed by atoms with van der Waals surface area (Å²) < 4.78 is 5.76. The topological polar surface area (TPSA) is 73.5 Å². The van der Waals surface area contributed by atoms with Crippen LogP contribution in [0.2, 0.25) is 0 Å². The van der Waals surface area contributed by atoms with Crippen LogP contribution in [0.5, 0.6) is 11.5 Å². The first kappa shape index (κ1) is 14.1. The molecular weight excluding hydrogens is 254 g/mol. The molecule has 0 saturated carbocycles. The van der Waals surface area contributed by atoms with E-state index in [2.05, 4.69) is 0 Å². The molecule has 20 heavy (non-hydrogen) atoms. The molecule has 1 atom stereocenters. The maximum Gasteiger partial charge on any atom is 0.134 e. The monoisotopic (exact) mass is 269 g/mol. The summed E-state index contributed by atoms with van der Waals surface area (Å²) in [6.45, 7) is 1.49. The largest absolute Gasteiger partial charge is 0.457 e. The minimum absolute atomic E-state index is 0.141. The van der Waals surface area contributed by atoms with E-state index < -0.39 is 6.10 Å². The van der Waals surface area contributed by atoms with Crippen molar-refractivity contribution in [3.05, 3.63) is 59.2 Å². The van der Waals surface area contributed by atoms with Gasteiger partial charge < -0.3 is 14.9 Å². The lowest BCUT2D eigenvalue weighted by Gasteiger charge is -2.15. The van der Waals surface area contributed by atoms with Crippen LogP contribution < -0.4 is 4.74 Å². The number of hydrogen-bond acceptors (Lipinski definition) is 4. The quantitative estimate of drug-likeness (QED) is 0.895. The lowest BCUT2D eigenvalue weighted by atomic mass is 10.1. The Bertz CT molecular complexity index is 644. The van der Waals surface area contributed by atoms with Crippen molar-refractivity contribution in [1.82, 2.24) is 0 Å². The predicted octanol–water partition coefficient (Wildman–Crippen LogP) is 2.90. The van der Waals surface area contributed by atoms with Crippen LogP contribution in [0.15, 0.2) is 42.5 Å². The van der Waals surface area contributed by atoms with Gasteiger partial charge in [-0.2, -0.15) is 5.26 Å². The number of nitriles is 1. The van der Waals surface area contributed by atoms with E-state index in [1.54, 1.807) is 49.4 Å². The summed E-state index contributed by atoms with van der Waals surface area (Å²) in [5, 5.41) is 28.0. The molecule has 4 nitrogen and oxygen atoms in total. The summed E-state index contributed by atoms with van der Waals surface area (Å²) in [7, 11) is 0. The molecule has 2 aromatic rings. The van der Waals surface area contributed by atoms with Crippen LogP contribution in [0.4, 0.5) is 0 Å². The van der Waals surface area contributed by atoms with E-state index >= 15 is 0 Å². The minimum Gasteiger partial charge on any atom is -0.457 e. The summed E-state index contributed by atoms with van der Waals surface area (Å²) in [6, 6.07) is 14.0. The molecule has 4 heteroatoms. The van der Waals surface area contributed by atoms with Gasteiger partial charge in [0, 0.05) is 11.1 Å². The van der Waals surface area contributed by atoms with Crippen molar-refractivity contribution in [2.75, 3.05) is 0 Å². The zero-order chi connectivity index (χ0) is 14.5. The van der Waals surface area contributed by atoms with E-state index in [1.807, 2.05) is 6.07 Å². The molecule has 0 amide bonds. The second-order valence-corrected chi connectivity index (χ2v) is 4.41. The van der Waals surface area contributed by atoms with Crippen LogP contribution in [0, 0.1) is 11.3 Å². The van der Waals surface area contributed by atoms with Gasteiger partial charge in [0.15, 0.2) is 0 Å². The van der Waals surface area contributed by atoms with Crippen molar-refractivity contribution >= 4 is 0 Å². The van der Waals surface area contributed by atoms with Crippen molar-refractivity contribution in [1.29, 1.82) is 5.26 Å². The fraction of sp³-hybridized carbons (Fsp3) is 0.188. The molecule has 0 heterocycles. The number of aliphatic hydroxyl groups is 2. The number of ether oxygens (including phenoxy) is 1. The smallest absolute Gasteiger partial charge is 0.134 e. The molecule has 0 aliphatic rings. The maximum atomic E-state index is 9.76. The standard InChI is InChI=1S/C16H15NO3/c1-11(19)14-7-6-12(9-17)8-16(14)20-15-5-3-2-4-13(15)10-18/h2-8,11,18-19H,10H2,1H3. The van der Waals surface area contributed by atoms with Crippen LogP contribution in [0.3, 0.4) is 0 Å². The Morgan fingerprint density at radius 3 is 2.60 bits per heavy atom. The lowest BCUT2D eigenvalue weighted by Crippen LogP contribution is -1.98. The Morgan fingerprint density at radius 1 is 1.20 bits per heavy atom. The van der Waals surface area contributed by atoms with Gasteiger partial charge >= 0.3 is 0 Å². The number of nitrogens with zero attached hydrogens (tertiary/aromatic N) is 1. The lowest BCUT2D eigenvalue weighted by molar-refractivity contribution is 0.195. The van der Waals surface area contributed by atoms with E-state index in [0.29, 0.717) is 28.2 Å². The Hall–Kier alpha value is -2.35. The number of benzene rings is 2. The third-order valence-corrected chi connectivity index (χ3v) is 2.96. The van der Waals surface area contributed by atoms with Crippen LogP contribution in [0.25, 0.3) is 0 Å². The average Bonchev–Trinajstić information content (AvgIpc) is 2.47. The third kappa shape index (κ3) is 2.97. The molecule has 0 aliphatic heterocycles. The highest BCUT2D eigenvalue weighted by Crippen LogP contribution is 2.32. The van der Waals surface area contributed by atoms with Gasteiger partial charge in [0.05, 0.1) is 24.3 Å². The van der Waals surface area contributed by atoms with Gasteiger partial charge in [-0.15, -0.1) is 0 Å². The van der Waals surface area contributed by atoms with Gasteiger partial charge in [-0.1, -0.05) is 24.3 Å². The first-order valence-corrected chi connectivity index (χ1v) is 6.24. The second-order valence-electron chi connectivity index (χ2n) is 4.41. The van der Waals surface area contributed by atoms with E-state index in [4.69, 9.17) is 10.00 Å². The predicted molar refractivity (Wildman–Crippen MR) is 74.2 cm³/mol. The van der Waals surface area contributed by atoms with Crippen molar-refractivity contribution in [2.45, 2.75) is 19.6 Å². The van der Waals surface area contributed by atoms with Crippen molar-refractivity contribution in [3.63, 3.8) is 0 Å². The van der Waals surface area contributed by atoms with Crippen molar-refractivity contribution in [3.8, 4) is 17.6 Å². The molecule has 2 aromatic carbocycles. The molecule has 0 bridgehead atoms. The number of aliphatic hydroxyl groups excluding tert-OH is 2. The molecule has 1 unspecified atom stereocenters. The molecule has 0 fully saturated rings. The van der Waals surface area contributed by atoms with Crippen LogP contribution in [-0.2, 0) is 6.61 Å². The van der Waals surface area contributed by atoms with Crippen molar-refractivity contribution in [2.24, 2.45) is 0 Å². The zero-order valence-corrected chi connectivity index (χ0v) is 11.1. The van der Waals surface area contributed by atoms with E-state index in [9.17, 15) is 10.2 Å². The summed E-state index contributed by atoms with van der Waals surface area (Å²) >= 11 is 0. The molecule has 0 aliphatic carbocycles. The summed E-state index contributed by atoms with van der Waals surface area (Å²) in [5.74, 6) is 0.923. The van der Waals surface area contributed by atoms with Gasteiger partial charge in [-0.25, -0.2) is 0 Å². The SMILES string of the molecule is CC(O)c1ccc(C#N)cc1Oc1ccccc1CO. The fourth-order valence-electron chi connectivity index (χ4n) is 1.89. The molecule has 0 radical (unpaired) electrons. The molecule has 0 saturated heterocycles. The van der Waals surface area contributed by atoms with Crippen LogP contribution in [0.1, 0.15) is 29.7 Å². The molecule has 2 rings (SSSR count). The maximum absolute atomic E-state index is 9.76. The van der Waals surface area contributed by atoms with E-state index in [-0.39, 0.29) is 6.61 Å². The highest BCUT2D eigenvalue weighted by molar-refractivity contribution is 5.46. The van der Waals surface area contributed by atoms with Gasteiger partial charge in [0.1, 0.15) is 11.5 Å². The Labute approximate surface area is 117 Å². The van der Waals surface area contributed by atoms with E-state index in [1.165, 1.54) is 0 Å². The third-order valence-electron chi connectivity index (χ3n) is 2.96. The second kappa shape index (κ2) is 6.20. The Balaban J connectivity index is 2.44. The summed E-state index contributed by atoms with van der Waals surface area (Å²) in [5.41, 5.74) is 1.69. The zero-order valence-electron chi connectivity index (χ0n) is 11.1. The Morgan fingerprint density at radius 2 is 1.95 bits per heavy atom. The molecule has 0 spiro atoms. The first-order chi connectivity index (χ1) is 9.65. The van der Waals surface area contributed by atoms with Gasteiger partial charge in [0.25, 0.3) is 0 Å². The van der Waals surface area contributed by atoms with Gasteiger partial charge in [-0.3, -0.25) is 0 Å². The number of rotatable bonds is 4. The van der Waals surface area contributed by atoms with Crippen LogP contribution >= 0.6 is 0 Å². The van der Waals surface area contributed by atoms with Crippen molar-refractivity contribution < 1.29 is 14.9 Å². The highest BCUT2D eigenvalue weighted by Gasteiger charge is 2.12. The highest BCUT2D eigenvalue weighted by atomic mass is 16.5. The summed E-state index contributed by atoms with van der Waals surface area (Å²) in [4.78, 5) is 0. The average molecular weight is 269 g/mol. The molecule has 102 valence electrons. The minimum atomic E-state index is -0.709. The number of para-hydroxylation sites is 1. The molecule has 2 N–H and O–H groups in total.